The maximum absolute atomic E-state index is 2.61. The minimum absolute atomic E-state index is 0.274. The van der Waals surface area contributed by atoms with Crippen LogP contribution in [-0.4, -0.2) is 23.9 Å². The van der Waals surface area contributed by atoms with Crippen molar-refractivity contribution < 1.29 is 0 Å². The second-order valence-electron chi connectivity index (χ2n) is 11.0. The molecule has 38 heavy (non-hydrogen) atoms. The van der Waals surface area contributed by atoms with Gasteiger partial charge >= 0.3 is 0 Å². The van der Waals surface area contributed by atoms with Crippen LogP contribution in [0, 0.1) is 0 Å². The molecule has 1 aliphatic carbocycles. The van der Waals surface area contributed by atoms with Crippen LogP contribution in [0.5, 0.6) is 0 Å². The zero-order valence-corrected chi connectivity index (χ0v) is 22.2. The topological polar surface area (TPSA) is 6.48 Å². The molecule has 3 aliphatic rings. The maximum atomic E-state index is 2.61. The second-order valence-corrected chi connectivity index (χ2v) is 11.0. The van der Waals surface area contributed by atoms with E-state index in [1.54, 1.807) is 11.1 Å². The Hall–Kier alpha value is -4.04. The average Bonchev–Trinajstić information content (AvgIpc) is 3.50. The lowest BCUT2D eigenvalue weighted by Gasteiger charge is -2.38. The van der Waals surface area contributed by atoms with E-state index in [4.69, 9.17) is 0 Å². The predicted molar refractivity (Wildman–Crippen MR) is 156 cm³/mol. The summed E-state index contributed by atoms with van der Waals surface area (Å²) < 4.78 is 0. The molecule has 0 saturated heterocycles. The third-order valence-electron chi connectivity index (χ3n) is 9.06. The van der Waals surface area contributed by atoms with Crippen molar-refractivity contribution in [1.82, 2.24) is 9.80 Å². The first-order valence-electron chi connectivity index (χ1n) is 13.8. The van der Waals surface area contributed by atoms with E-state index in [0.717, 1.165) is 12.8 Å². The van der Waals surface area contributed by atoms with Crippen LogP contribution in [0.2, 0.25) is 0 Å². The highest BCUT2D eigenvalue weighted by Gasteiger charge is 2.49. The highest BCUT2D eigenvalue weighted by atomic mass is 15.2. The normalized spacial score (nSPS) is 24.6. The summed E-state index contributed by atoms with van der Waals surface area (Å²) in [7, 11) is 4.66. The highest BCUT2D eigenvalue weighted by molar-refractivity contribution is 5.58. The first kappa shape index (κ1) is 23.1. The zero-order valence-electron chi connectivity index (χ0n) is 22.2. The van der Waals surface area contributed by atoms with Crippen LogP contribution in [0.3, 0.4) is 0 Å². The monoisotopic (exact) mass is 494 g/mol. The maximum Gasteiger partial charge on any atom is 0.0574 e. The van der Waals surface area contributed by atoms with Gasteiger partial charge in [-0.3, -0.25) is 0 Å². The molecule has 0 aromatic heterocycles. The molecular formula is C36H34N2. The average molecular weight is 495 g/mol. The molecule has 0 bridgehead atoms. The van der Waals surface area contributed by atoms with E-state index in [0.29, 0.717) is 12.1 Å². The van der Waals surface area contributed by atoms with E-state index in [1.807, 2.05) is 0 Å². The third-order valence-corrected chi connectivity index (χ3v) is 9.06. The SMILES string of the molecule is CN1C2=C(CC1c1ccccc1)C(c1ccccc1)C1=C(CC(c3ccccc3)N1C)C2c1ccccc1. The molecule has 0 amide bonds. The highest BCUT2D eigenvalue weighted by Crippen LogP contribution is 2.61. The van der Waals surface area contributed by atoms with E-state index < -0.39 is 0 Å². The Bertz CT molecular complexity index is 1370. The van der Waals surface area contributed by atoms with Gasteiger partial charge in [-0.15, -0.1) is 0 Å². The smallest absolute Gasteiger partial charge is 0.0574 e. The molecule has 0 radical (unpaired) electrons. The van der Waals surface area contributed by atoms with Crippen LogP contribution in [0.25, 0.3) is 0 Å². The molecule has 4 aromatic rings. The van der Waals surface area contributed by atoms with E-state index in [2.05, 4.69) is 145 Å². The first-order chi connectivity index (χ1) is 18.7. The Balaban J connectivity index is 1.42. The molecule has 0 fully saturated rings. The quantitative estimate of drug-likeness (QED) is 0.282. The van der Waals surface area contributed by atoms with Gasteiger partial charge in [0.1, 0.15) is 0 Å². The fourth-order valence-corrected chi connectivity index (χ4v) is 7.37. The lowest BCUT2D eigenvalue weighted by molar-refractivity contribution is 0.323. The molecule has 188 valence electrons. The van der Waals surface area contributed by atoms with Gasteiger partial charge < -0.3 is 9.80 Å². The van der Waals surface area contributed by atoms with Crippen molar-refractivity contribution >= 4 is 0 Å². The standard InChI is InChI=1S/C36H34N2/c1-37-31(25-15-7-3-8-16-25)23-29-34(28-21-13-6-14-22-28)36-30(33(35(29)37)27-19-11-5-12-20-27)24-32(38(36)2)26-17-9-4-10-18-26/h3-22,31-34H,23-24H2,1-2H3. The molecular weight excluding hydrogens is 460 g/mol. The van der Waals surface area contributed by atoms with Crippen molar-refractivity contribution in [3.05, 3.63) is 166 Å². The summed E-state index contributed by atoms with van der Waals surface area (Å²) in [6, 6.07) is 45.3. The molecule has 2 nitrogen and oxygen atoms in total. The van der Waals surface area contributed by atoms with E-state index in [9.17, 15) is 0 Å². The van der Waals surface area contributed by atoms with Crippen LogP contribution in [0.4, 0.5) is 0 Å². The molecule has 7 rings (SSSR count). The lowest BCUT2D eigenvalue weighted by atomic mass is 9.72. The van der Waals surface area contributed by atoms with Crippen molar-refractivity contribution in [2.75, 3.05) is 14.1 Å². The minimum Gasteiger partial charge on any atom is -0.370 e. The summed E-state index contributed by atoms with van der Waals surface area (Å²) in [4.78, 5) is 5.22. The van der Waals surface area contributed by atoms with Crippen LogP contribution < -0.4 is 0 Å². The molecule has 0 N–H and O–H groups in total. The van der Waals surface area contributed by atoms with Gasteiger partial charge in [0, 0.05) is 37.3 Å². The van der Waals surface area contributed by atoms with Gasteiger partial charge in [-0.1, -0.05) is 121 Å². The fraction of sp³-hybridized carbons (Fsp3) is 0.222. The Morgan fingerprint density at radius 3 is 1.03 bits per heavy atom. The van der Waals surface area contributed by atoms with Gasteiger partial charge in [-0.25, -0.2) is 0 Å². The molecule has 2 heteroatoms. The fourth-order valence-electron chi connectivity index (χ4n) is 7.37. The van der Waals surface area contributed by atoms with Crippen LogP contribution in [-0.2, 0) is 0 Å². The zero-order chi connectivity index (χ0) is 25.6. The first-order valence-corrected chi connectivity index (χ1v) is 13.8. The van der Waals surface area contributed by atoms with Gasteiger partial charge in [0.25, 0.3) is 0 Å². The summed E-state index contributed by atoms with van der Waals surface area (Å²) in [6.45, 7) is 0. The van der Waals surface area contributed by atoms with Crippen molar-refractivity contribution in [3.63, 3.8) is 0 Å². The van der Waals surface area contributed by atoms with E-state index in [-0.39, 0.29) is 11.8 Å². The van der Waals surface area contributed by atoms with Gasteiger partial charge in [0.2, 0.25) is 0 Å². The molecule has 0 spiro atoms. The van der Waals surface area contributed by atoms with Gasteiger partial charge in [0.05, 0.1) is 12.1 Å². The van der Waals surface area contributed by atoms with Crippen molar-refractivity contribution in [2.24, 2.45) is 0 Å². The van der Waals surface area contributed by atoms with Crippen LogP contribution >= 0.6 is 0 Å². The molecule has 2 aliphatic heterocycles. The predicted octanol–water partition coefficient (Wildman–Crippen LogP) is 8.23. The van der Waals surface area contributed by atoms with Crippen LogP contribution in [0.1, 0.15) is 59.0 Å². The largest absolute Gasteiger partial charge is 0.370 e. The number of allylic oxidation sites excluding steroid dienone is 2. The minimum atomic E-state index is 0.274. The van der Waals surface area contributed by atoms with Crippen molar-refractivity contribution in [3.8, 4) is 0 Å². The number of rotatable bonds is 4. The summed E-state index contributed by atoms with van der Waals surface area (Å²) in [5.41, 5.74) is 11.8. The van der Waals surface area contributed by atoms with Gasteiger partial charge in [-0.05, 0) is 46.2 Å². The molecule has 4 unspecified atom stereocenters. The Morgan fingerprint density at radius 1 is 0.421 bits per heavy atom. The summed E-state index contributed by atoms with van der Waals surface area (Å²) in [6.07, 6.45) is 2.11. The summed E-state index contributed by atoms with van der Waals surface area (Å²) in [5.74, 6) is 0.548. The second kappa shape index (κ2) is 9.36. The summed E-state index contributed by atoms with van der Waals surface area (Å²) >= 11 is 0. The number of hydrogen-bond donors (Lipinski definition) is 0. The Labute approximate surface area is 226 Å². The summed E-state index contributed by atoms with van der Waals surface area (Å²) in [5, 5.41) is 0. The third kappa shape index (κ3) is 3.62. The molecule has 2 heterocycles. The van der Waals surface area contributed by atoms with E-state index in [1.165, 1.54) is 33.6 Å². The van der Waals surface area contributed by atoms with Crippen LogP contribution in [0.15, 0.2) is 144 Å². The molecule has 4 atom stereocenters. The van der Waals surface area contributed by atoms with Crippen molar-refractivity contribution in [1.29, 1.82) is 0 Å². The van der Waals surface area contributed by atoms with E-state index >= 15 is 0 Å². The van der Waals surface area contributed by atoms with Gasteiger partial charge in [0.15, 0.2) is 0 Å². The number of nitrogens with zero attached hydrogens (tertiary/aromatic N) is 2. The molecule has 4 aromatic carbocycles. The number of hydrogen-bond acceptors (Lipinski definition) is 2. The van der Waals surface area contributed by atoms with Crippen molar-refractivity contribution in [2.45, 2.75) is 36.8 Å². The number of likely N-dealkylation sites (N-methyl/N-ethyl adjacent to an activating group) is 2. The van der Waals surface area contributed by atoms with Gasteiger partial charge in [-0.2, -0.15) is 0 Å². The Kier molecular flexibility index (Phi) is 5.69. The number of benzene rings is 4. The Morgan fingerprint density at radius 2 is 0.711 bits per heavy atom. The molecule has 0 saturated carbocycles. The lowest BCUT2D eigenvalue weighted by Crippen LogP contribution is -2.28.